The van der Waals surface area contributed by atoms with Crippen LogP contribution in [0.2, 0.25) is 0 Å². The van der Waals surface area contributed by atoms with Gasteiger partial charge in [-0.2, -0.15) is 0 Å². The lowest BCUT2D eigenvalue weighted by Crippen LogP contribution is -2.30. The van der Waals surface area contributed by atoms with Gasteiger partial charge in [-0.1, -0.05) is 313 Å². The lowest BCUT2D eigenvalue weighted by atomic mass is 10.0. The van der Waals surface area contributed by atoms with E-state index in [1.165, 1.54) is 212 Å². The van der Waals surface area contributed by atoms with E-state index in [1.807, 2.05) is 0 Å². The summed E-state index contributed by atoms with van der Waals surface area (Å²) in [5.41, 5.74) is 0. The van der Waals surface area contributed by atoms with Gasteiger partial charge in [0.05, 0.1) is 0 Å². The van der Waals surface area contributed by atoms with Gasteiger partial charge < -0.3 is 14.2 Å². The highest BCUT2D eigenvalue weighted by Gasteiger charge is 2.19. The summed E-state index contributed by atoms with van der Waals surface area (Å²) < 4.78 is 17.0. The molecule has 0 spiro atoms. The average Bonchev–Trinajstić information content (AvgIpc) is 3.39. The minimum absolute atomic E-state index is 0.0702. The van der Waals surface area contributed by atoms with Crippen LogP contribution in [0.25, 0.3) is 0 Å². The molecule has 426 valence electrons. The van der Waals surface area contributed by atoms with Gasteiger partial charge in [-0.05, 0) is 57.8 Å². The Hall–Kier alpha value is -2.63. The fraction of sp³-hybridized carbons (Fsp3) is 0.836. The van der Waals surface area contributed by atoms with Crippen LogP contribution in [-0.4, -0.2) is 37.2 Å². The molecule has 1 atom stereocenters. The molecule has 73 heavy (non-hydrogen) atoms. The zero-order chi connectivity index (χ0) is 52.9. The van der Waals surface area contributed by atoms with Gasteiger partial charge in [0.1, 0.15) is 13.2 Å². The first-order chi connectivity index (χ1) is 36.0. The topological polar surface area (TPSA) is 78.9 Å². The first-order valence-electron chi connectivity index (χ1n) is 32.1. The third-order valence-electron chi connectivity index (χ3n) is 14.3. The Labute approximate surface area is 454 Å². The molecule has 0 N–H and O–H groups in total. The number of esters is 3. The van der Waals surface area contributed by atoms with E-state index in [0.717, 1.165) is 89.9 Å². The van der Waals surface area contributed by atoms with Crippen molar-refractivity contribution in [2.75, 3.05) is 13.2 Å². The van der Waals surface area contributed by atoms with Crippen LogP contribution in [0, 0.1) is 0 Å². The highest BCUT2D eigenvalue weighted by atomic mass is 16.6. The van der Waals surface area contributed by atoms with Crippen LogP contribution >= 0.6 is 0 Å². The Morgan fingerprint density at radius 2 is 0.534 bits per heavy atom. The zero-order valence-electron chi connectivity index (χ0n) is 48.9. The van der Waals surface area contributed by atoms with Crippen LogP contribution in [0.1, 0.15) is 342 Å². The minimum Gasteiger partial charge on any atom is -0.462 e. The number of carbonyl (C=O) groups is 3. The molecule has 6 heteroatoms. The van der Waals surface area contributed by atoms with Gasteiger partial charge in [0.15, 0.2) is 6.10 Å². The number of allylic oxidation sites excluding steroid dienone is 8. The molecule has 0 bridgehead atoms. The average molecular weight is 1020 g/mol. The van der Waals surface area contributed by atoms with E-state index in [1.54, 1.807) is 0 Å². The molecule has 0 fully saturated rings. The highest BCUT2D eigenvalue weighted by molar-refractivity contribution is 5.71. The van der Waals surface area contributed by atoms with Crippen molar-refractivity contribution in [1.29, 1.82) is 0 Å². The maximum Gasteiger partial charge on any atom is 0.306 e. The highest BCUT2D eigenvalue weighted by Crippen LogP contribution is 2.18. The van der Waals surface area contributed by atoms with Crippen molar-refractivity contribution in [3.8, 4) is 0 Å². The van der Waals surface area contributed by atoms with Crippen LogP contribution in [0.4, 0.5) is 0 Å². The second-order valence-electron chi connectivity index (χ2n) is 21.7. The molecule has 1 unspecified atom stereocenters. The molecule has 0 saturated carbocycles. The van der Waals surface area contributed by atoms with Crippen LogP contribution in [0.3, 0.4) is 0 Å². The van der Waals surface area contributed by atoms with Gasteiger partial charge in [-0.3, -0.25) is 14.4 Å². The van der Waals surface area contributed by atoms with Crippen LogP contribution in [0.5, 0.6) is 0 Å². The Morgan fingerprint density at radius 1 is 0.288 bits per heavy atom. The smallest absolute Gasteiger partial charge is 0.306 e. The Morgan fingerprint density at radius 3 is 0.836 bits per heavy atom. The predicted molar refractivity (Wildman–Crippen MR) is 316 cm³/mol. The second-order valence-corrected chi connectivity index (χ2v) is 21.7. The summed E-state index contributed by atoms with van der Waals surface area (Å²) in [6, 6.07) is 0. The minimum atomic E-state index is -0.773. The summed E-state index contributed by atoms with van der Waals surface area (Å²) in [6.07, 6.45) is 76.8. The quantitative estimate of drug-likeness (QED) is 0.0261. The molecule has 0 aliphatic carbocycles. The van der Waals surface area contributed by atoms with Crippen molar-refractivity contribution in [1.82, 2.24) is 0 Å². The van der Waals surface area contributed by atoms with Gasteiger partial charge in [-0.25, -0.2) is 0 Å². The van der Waals surface area contributed by atoms with Gasteiger partial charge in [0, 0.05) is 19.3 Å². The number of unbranched alkanes of at least 4 members (excludes halogenated alkanes) is 40. The molecular weight excluding hydrogens is 901 g/mol. The number of rotatable bonds is 59. The molecule has 0 aromatic heterocycles. The lowest BCUT2D eigenvalue weighted by Gasteiger charge is -2.18. The van der Waals surface area contributed by atoms with E-state index in [-0.39, 0.29) is 31.1 Å². The molecule has 6 nitrogen and oxygen atoms in total. The molecular formula is C67H122O6. The fourth-order valence-electron chi connectivity index (χ4n) is 9.56. The number of carbonyl (C=O) groups excluding carboxylic acids is 3. The Bertz CT molecular complexity index is 1270. The lowest BCUT2D eigenvalue weighted by molar-refractivity contribution is -0.167. The molecule has 0 aromatic carbocycles. The third kappa shape index (κ3) is 60.1. The zero-order valence-corrected chi connectivity index (χ0v) is 48.9. The van der Waals surface area contributed by atoms with Crippen molar-refractivity contribution in [3.63, 3.8) is 0 Å². The summed E-state index contributed by atoms with van der Waals surface area (Å²) in [7, 11) is 0. The largest absolute Gasteiger partial charge is 0.462 e. The molecule has 0 aliphatic heterocycles. The normalized spacial score (nSPS) is 12.3. The molecule has 0 aliphatic rings. The van der Waals surface area contributed by atoms with Crippen molar-refractivity contribution in [2.45, 2.75) is 348 Å². The van der Waals surface area contributed by atoms with E-state index in [2.05, 4.69) is 69.4 Å². The number of hydrogen-bond donors (Lipinski definition) is 0. The van der Waals surface area contributed by atoms with Crippen molar-refractivity contribution < 1.29 is 28.6 Å². The van der Waals surface area contributed by atoms with E-state index in [4.69, 9.17) is 14.2 Å². The molecule has 0 amide bonds. The van der Waals surface area contributed by atoms with Crippen molar-refractivity contribution in [2.24, 2.45) is 0 Å². The fourth-order valence-corrected chi connectivity index (χ4v) is 9.56. The van der Waals surface area contributed by atoms with E-state index in [0.29, 0.717) is 19.3 Å². The summed E-state index contributed by atoms with van der Waals surface area (Å²) in [4.78, 5) is 38.3. The molecule has 0 rings (SSSR count). The van der Waals surface area contributed by atoms with Gasteiger partial charge in [-0.15, -0.1) is 0 Å². The van der Waals surface area contributed by atoms with Gasteiger partial charge in [0.2, 0.25) is 0 Å². The second kappa shape index (κ2) is 61.9. The van der Waals surface area contributed by atoms with Crippen LogP contribution in [-0.2, 0) is 28.6 Å². The van der Waals surface area contributed by atoms with Crippen molar-refractivity contribution in [3.05, 3.63) is 48.6 Å². The van der Waals surface area contributed by atoms with E-state index >= 15 is 0 Å². The van der Waals surface area contributed by atoms with Crippen molar-refractivity contribution >= 4 is 17.9 Å². The van der Waals surface area contributed by atoms with Crippen LogP contribution in [0.15, 0.2) is 48.6 Å². The summed E-state index contributed by atoms with van der Waals surface area (Å²) in [5, 5.41) is 0. The van der Waals surface area contributed by atoms with E-state index in [9.17, 15) is 14.4 Å². The summed E-state index contributed by atoms with van der Waals surface area (Å²) in [5.74, 6) is -0.854. The monoisotopic (exact) mass is 1020 g/mol. The van der Waals surface area contributed by atoms with E-state index < -0.39 is 6.10 Å². The SMILES string of the molecule is CC/C=C\C/C=C\C/C=C\C/C=C\CCCCCCCCCCC(=O)OCC(COC(=O)CCCCCCCCCCCCCCCCC)OC(=O)CCCCCCCCCCCCCCCCCCCCC. The maximum atomic E-state index is 12.9. The molecule has 0 saturated heterocycles. The summed E-state index contributed by atoms with van der Waals surface area (Å²) >= 11 is 0. The Kier molecular flexibility index (Phi) is 59.7. The molecule has 0 radical (unpaired) electrons. The van der Waals surface area contributed by atoms with Gasteiger partial charge >= 0.3 is 17.9 Å². The maximum absolute atomic E-state index is 12.9. The molecule has 0 aromatic rings. The third-order valence-corrected chi connectivity index (χ3v) is 14.3. The number of hydrogen-bond acceptors (Lipinski definition) is 6. The van der Waals surface area contributed by atoms with Gasteiger partial charge in [0.25, 0.3) is 0 Å². The van der Waals surface area contributed by atoms with Crippen LogP contribution < -0.4 is 0 Å². The standard InChI is InChI=1S/C67H122O6/c1-4-7-10-13-16-19-22-25-28-30-32-33-35-36-39-42-45-48-51-54-57-60-66(69)72-63-64(62-71-65(68)59-56-53-50-47-44-41-38-27-24-21-18-15-12-9-6-3)73-67(70)61-58-55-52-49-46-43-40-37-34-31-29-26-23-20-17-14-11-8-5-2/h7,10,16,19,25,28,32-33,64H,4-6,8-9,11-15,17-18,20-24,26-27,29-31,34-63H2,1-3H3/b10-7-,19-16-,28-25-,33-32-. The first-order valence-corrected chi connectivity index (χ1v) is 32.1. The molecule has 0 heterocycles. The first kappa shape index (κ1) is 70.4. The summed E-state index contributed by atoms with van der Waals surface area (Å²) in [6.45, 7) is 6.58. The number of ether oxygens (including phenoxy) is 3. The predicted octanol–water partition coefficient (Wildman–Crippen LogP) is 21.8. The Balaban J connectivity index is 4.33.